The first kappa shape index (κ1) is 15.9. The molecule has 0 radical (unpaired) electrons. The molecule has 0 saturated heterocycles. The Bertz CT molecular complexity index is 261. The standard InChI is InChI=1S/C15H30N2S/c1-6-11(4)9-12(5)17-15-16-10-14(18-15)13(7-2)8-3/h11-14H,6-10H2,1-5H3,(H,16,17). The van der Waals surface area contributed by atoms with Crippen molar-refractivity contribution in [1.29, 1.82) is 0 Å². The SMILES string of the molecule is CCC(C)CC(C)NC1=NCC(C(CC)CC)S1. The highest BCUT2D eigenvalue weighted by Gasteiger charge is 2.26. The Morgan fingerprint density at radius 1 is 1.22 bits per heavy atom. The van der Waals surface area contributed by atoms with Crippen LogP contribution in [-0.2, 0) is 0 Å². The monoisotopic (exact) mass is 270 g/mol. The third kappa shape index (κ3) is 4.83. The van der Waals surface area contributed by atoms with Gasteiger partial charge >= 0.3 is 0 Å². The van der Waals surface area contributed by atoms with Crippen LogP contribution in [0.1, 0.15) is 60.3 Å². The number of thioether (sulfide) groups is 1. The second-order valence-corrected chi connectivity index (χ2v) is 6.90. The normalized spacial score (nSPS) is 23.0. The first-order valence-corrected chi connectivity index (χ1v) is 8.46. The zero-order chi connectivity index (χ0) is 13.5. The molecule has 1 N–H and O–H groups in total. The van der Waals surface area contributed by atoms with Crippen molar-refractivity contribution in [2.45, 2.75) is 71.6 Å². The lowest BCUT2D eigenvalue weighted by atomic mass is 9.99. The van der Waals surface area contributed by atoms with Gasteiger partial charge < -0.3 is 5.32 Å². The maximum absolute atomic E-state index is 4.68. The molecule has 1 aliphatic rings. The minimum absolute atomic E-state index is 0.548. The molecule has 106 valence electrons. The molecule has 0 spiro atoms. The zero-order valence-electron chi connectivity index (χ0n) is 12.7. The van der Waals surface area contributed by atoms with E-state index >= 15 is 0 Å². The van der Waals surface area contributed by atoms with Gasteiger partial charge in [0.1, 0.15) is 0 Å². The Balaban J connectivity index is 2.33. The summed E-state index contributed by atoms with van der Waals surface area (Å²) >= 11 is 1.97. The summed E-state index contributed by atoms with van der Waals surface area (Å²) in [4.78, 5) is 4.68. The minimum Gasteiger partial charge on any atom is -0.362 e. The fraction of sp³-hybridized carbons (Fsp3) is 0.933. The van der Waals surface area contributed by atoms with Crippen LogP contribution < -0.4 is 5.32 Å². The van der Waals surface area contributed by atoms with Crippen molar-refractivity contribution < 1.29 is 0 Å². The Morgan fingerprint density at radius 2 is 1.89 bits per heavy atom. The molecule has 0 aliphatic carbocycles. The van der Waals surface area contributed by atoms with Crippen LogP contribution in [0.5, 0.6) is 0 Å². The molecule has 3 unspecified atom stereocenters. The van der Waals surface area contributed by atoms with Crippen molar-refractivity contribution in [3.63, 3.8) is 0 Å². The number of rotatable bonds is 7. The summed E-state index contributed by atoms with van der Waals surface area (Å²) in [7, 11) is 0. The highest BCUT2D eigenvalue weighted by molar-refractivity contribution is 8.14. The van der Waals surface area contributed by atoms with Crippen molar-refractivity contribution in [3.8, 4) is 0 Å². The van der Waals surface area contributed by atoms with E-state index < -0.39 is 0 Å². The summed E-state index contributed by atoms with van der Waals surface area (Å²) in [6.45, 7) is 12.5. The molecule has 0 fully saturated rings. The topological polar surface area (TPSA) is 24.4 Å². The van der Waals surface area contributed by atoms with Crippen LogP contribution in [0.25, 0.3) is 0 Å². The van der Waals surface area contributed by atoms with Gasteiger partial charge in [0.05, 0.1) is 6.54 Å². The molecule has 0 aromatic rings. The van der Waals surface area contributed by atoms with Crippen LogP contribution in [0.15, 0.2) is 4.99 Å². The predicted molar refractivity (Wildman–Crippen MR) is 84.4 cm³/mol. The van der Waals surface area contributed by atoms with Gasteiger partial charge in [-0.05, 0) is 25.2 Å². The van der Waals surface area contributed by atoms with Gasteiger partial charge in [0.25, 0.3) is 0 Å². The highest BCUT2D eigenvalue weighted by Crippen LogP contribution is 2.30. The van der Waals surface area contributed by atoms with Crippen molar-refractivity contribution in [3.05, 3.63) is 0 Å². The molecule has 1 heterocycles. The van der Waals surface area contributed by atoms with Gasteiger partial charge in [-0.3, -0.25) is 4.99 Å². The molecule has 0 saturated carbocycles. The maximum Gasteiger partial charge on any atom is 0.157 e. The second kappa shape index (κ2) is 8.08. The van der Waals surface area contributed by atoms with Crippen molar-refractivity contribution >= 4 is 16.9 Å². The Morgan fingerprint density at radius 3 is 2.44 bits per heavy atom. The number of aliphatic imine (C=N–C) groups is 1. The van der Waals surface area contributed by atoms with Crippen molar-refractivity contribution in [2.75, 3.05) is 6.54 Å². The van der Waals surface area contributed by atoms with Gasteiger partial charge in [0, 0.05) is 11.3 Å². The van der Waals surface area contributed by atoms with Gasteiger partial charge in [-0.2, -0.15) is 0 Å². The van der Waals surface area contributed by atoms with Gasteiger partial charge in [-0.15, -0.1) is 0 Å². The van der Waals surface area contributed by atoms with Crippen LogP contribution in [0.2, 0.25) is 0 Å². The second-order valence-electron chi connectivity index (χ2n) is 5.67. The van der Waals surface area contributed by atoms with E-state index in [0.717, 1.165) is 18.4 Å². The third-order valence-corrected chi connectivity index (χ3v) is 5.38. The molecule has 0 bridgehead atoms. The minimum atomic E-state index is 0.548. The van der Waals surface area contributed by atoms with E-state index in [4.69, 9.17) is 0 Å². The fourth-order valence-electron chi connectivity index (χ4n) is 2.57. The number of amidine groups is 1. The van der Waals surface area contributed by atoms with Crippen LogP contribution >= 0.6 is 11.8 Å². The fourth-order valence-corrected chi connectivity index (χ4v) is 4.00. The summed E-state index contributed by atoms with van der Waals surface area (Å²) in [6, 6.07) is 0.548. The lowest BCUT2D eigenvalue weighted by Crippen LogP contribution is -2.31. The third-order valence-electron chi connectivity index (χ3n) is 4.08. The van der Waals surface area contributed by atoms with Gasteiger partial charge in [-0.25, -0.2) is 0 Å². The molecular formula is C15H30N2S. The van der Waals surface area contributed by atoms with E-state index in [0.29, 0.717) is 11.3 Å². The average molecular weight is 270 g/mol. The molecule has 1 aliphatic heterocycles. The summed E-state index contributed by atoms with van der Waals surface area (Å²) in [5, 5.41) is 5.48. The summed E-state index contributed by atoms with van der Waals surface area (Å²) in [5.41, 5.74) is 0. The van der Waals surface area contributed by atoms with Gasteiger partial charge in [0.15, 0.2) is 5.17 Å². The summed E-state index contributed by atoms with van der Waals surface area (Å²) in [6.07, 6.45) is 5.06. The lowest BCUT2D eigenvalue weighted by Gasteiger charge is -2.21. The number of hydrogen-bond acceptors (Lipinski definition) is 3. The van der Waals surface area contributed by atoms with Crippen LogP contribution in [0.3, 0.4) is 0 Å². The van der Waals surface area contributed by atoms with E-state index in [-0.39, 0.29) is 0 Å². The maximum atomic E-state index is 4.68. The quantitative estimate of drug-likeness (QED) is 0.745. The summed E-state index contributed by atoms with van der Waals surface area (Å²) < 4.78 is 0. The van der Waals surface area contributed by atoms with E-state index in [1.54, 1.807) is 0 Å². The van der Waals surface area contributed by atoms with Gasteiger partial charge in [0.2, 0.25) is 0 Å². The number of hydrogen-bond donors (Lipinski definition) is 1. The molecule has 0 aromatic heterocycles. The van der Waals surface area contributed by atoms with E-state index in [1.807, 2.05) is 11.8 Å². The molecule has 0 amide bonds. The Hall–Kier alpha value is -0.180. The first-order valence-electron chi connectivity index (χ1n) is 7.58. The molecule has 18 heavy (non-hydrogen) atoms. The van der Waals surface area contributed by atoms with Crippen LogP contribution in [-0.4, -0.2) is 23.0 Å². The van der Waals surface area contributed by atoms with E-state index in [2.05, 4.69) is 44.9 Å². The highest BCUT2D eigenvalue weighted by atomic mass is 32.2. The zero-order valence-corrected chi connectivity index (χ0v) is 13.5. The van der Waals surface area contributed by atoms with Crippen LogP contribution in [0.4, 0.5) is 0 Å². The summed E-state index contributed by atoms with van der Waals surface area (Å²) in [5.74, 6) is 1.62. The molecular weight excluding hydrogens is 240 g/mol. The van der Waals surface area contributed by atoms with Crippen molar-refractivity contribution in [2.24, 2.45) is 16.8 Å². The largest absolute Gasteiger partial charge is 0.362 e. The van der Waals surface area contributed by atoms with E-state index in [9.17, 15) is 0 Å². The molecule has 3 heteroatoms. The van der Waals surface area contributed by atoms with Gasteiger partial charge in [-0.1, -0.05) is 58.7 Å². The van der Waals surface area contributed by atoms with Crippen molar-refractivity contribution in [1.82, 2.24) is 5.32 Å². The van der Waals surface area contributed by atoms with Crippen LogP contribution in [0, 0.1) is 11.8 Å². The first-order chi connectivity index (χ1) is 8.60. The lowest BCUT2D eigenvalue weighted by molar-refractivity contribution is 0.449. The molecule has 1 rings (SSSR count). The number of nitrogens with zero attached hydrogens (tertiary/aromatic N) is 1. The smallest absolute Gasteiger partial charge is 0.157 e. The predicted octanol–water partition coefficient (Wildman–Crippen LogP) is 4.31. The molecule has 0 aromatic carbocycles. The Labute approximate surface area is 117 Å². The average Bonchev–Trinajstić information content (AvgIpc) is 2.78. The Kier molecular flexibility index (Phi) is 7.13. The number of nitrogens with one attached hydrogen (secondary N) is 1. The molecule has 3 atom stereocenters. The molecule has 2 nitrogen and oxygen atoms in total. The van der Waals surface area contributed by atoms with E-state index in [1.165, 1.54) is 30.9 Å².